The molecule has 0 aliphatic carbocycles. The summed E-state index contributed by atoms with van der Waals surface area (Å²) in [5, 5.41) is 29.5. The minimum absolute atomic E-state index is 0.0485. The van der Waals surface area contributed by atoms with Crippen LogP contribution < -0.4 is 10.6 Å². The van der Waals surface area contributed by atoms with Crippen molar-refractivity contribution in [2.24, 2.45) is 12.2 Å². The largest absolute Gasteiger partial charge is 0.477 e. The van der Waals surface area contributed by atoms with E-state index in [1.165, 1.54) is 47.4 Å². The molecule has 3 N–H and O–H groups in total. The molecule has 2 aliphatic rings. The van der Waals surface area contributed by atoms with Crippen LogP contribution in [0.3, 0.4) is 0 Å². The molecule has 2 aromatic rings. The molecule has 3 amide bonds. The number of carboxylic acid groups (broad SMARTS) is 1. The molecular weight excluding hydrogens is 550 g/mol. The Balaban J connectivity index is 1.52. The van der Waals surface area contributed by atoms with Gasteiger partial charge in [-0.25, -0.2) is 14.5 Å². The lowest BCUT2D eigenvalue weighted by Gasteiger charge is -2.49. The van der Waals surface area contributed by atoms with Crippen LogP contribution in [0.5, 0.6) is 0 Å². The lowest BCUT2D eigenvalue weighted by Crippen LogP contribution is -2.71. The Bertz CT molecular complexity index is 1330. The first-order valence-corrected chi connectivity index (χ1v) is 12.7. The van der Waals surface area contributed by atoms with Crippen LogP contribution in [-0.4, -0.2) is 95.1 Å². The molecule has 4 rings (SSSR count). The number of hydrogen-bond donors (Lipinski definition) is 3. The number of tetrazole rings is 1. The summed E-state index contributed by atoms with van der Waals surface area (Å²) in [7, 11) is 2.87. The number of halogens is 1. The van der Waals surface area contributed by atoms with Crippen molar-refractivity contribution in [2.75, 3.05) is 23.9 Å². The van der Waals surface area contributed by atoms with Crippen molar-refractivity contribution in [3.63, 3.8) is 0 Å². The number of nitrogens with zero attached hydrogens (tertiary/aromatic N) is 7. The molecule has 0 aromatic carbocycles. The number of amides is 3. The first kappa shape index (κ1) is 26.4. The van der Waals surface area contributed by atoms with Crippen molar-refractivity contribution >= 4 is 70.8 Å². The number of aliphatic carboxylic acids is 1. The molecule has 1 fully saturated rings. The van der Waals surface area contributed by atoms with Gasteiger partial charge in [-0.2, -0.15) is 0 Å². The molecule has 37 heavy (non-hydrogen) atoms. The maximum Gasteiger partial charge on any atom is 0.352 e. The van der Waals surface area contributed by atoms with Gasteiger partial charge in [-0.1, -0.05) is 28.5 Å². The third-order valence-electron chi connectivity index (χ3n) is 5.17. The molecule has 2 aromatic heterocycles. The summed E-state index contributed by atoms with van der Waals surface area (Å²) in [6.45, 7) is 0. The van der Waals surface area contributed by atoms with E-state index in [9.17, 15) is 24.3 Å². The molecule has 0 bridgehead atoms. The second-order valence-corrected chi connectivity index (χ2v) is 9.86. The van der Waals surface area contributed by atoms with Gasteiger partial charge in [0.05, 0.1) is 5.02 Å². The van der Waals surface area contributed by atoms with E-state index in [-0.39, 0.29) is 33.7 Å². The van der Waals surface area contributed by atoms with E-state index in [0.29, 0.717) is 22.9 Å². The maximum atomic E-state index is 13.1. The fourth-order valence-corrected chi connectivity index (χ4v) is 6.06. The summed E-state index contributed by atoms with van der Waals surface area (Å²) in [5.41, 5.74) is -0.0315. The molecule has 1 unspecified atom stereocenters. The molecule has 15 nitrogen and oxygen atoms in total. The van der Waals surface area contributed by atoms with Crippen LogP contribution in [0.2, 0.25) is 5.02 Å². The summed E-state index contributed by atoms with van der Waals surface area (Å²) in [4.78, 5) is 58.9. The second-order valence-electron chi connectivity index (χ2n) is 7.40. The number of thioether (sulfide) groups is 2. The number of nitrogens with one attached hydrogen (secondary N) is 2. The number of anilines is 1. The Labute approximate surface area is 222 Å². The molecule has 2 atom stereocenters. The summed E-state index contributed by atoms with van der Waals surface area (Å²) >= 11 is 8.73. The van der Waals surface area contributed by atoms with Gasteiger partial charge in [0.25, 0.3) is 11.8 Å². The first-order chi connectivity index (χ1) is 17.8. The molecule has 4 heterocycles. The van der Waals surface area contributed by atoms with Crippen LogP contribution in [0.15, 0.2) is 33.7 Å². The van der Waals surface area contributed by atoms with Gasteiger partial charge in [-0.05, 0) is 28.1 Å². The summed E-state index contributed by atoms with van der Waals surface area (Å²) in [5.74, 6) is -2.00. The number of aryl methyl sites for hydroxylation is 1. The standard InChI is InChI=1S/C19H18ClN9O6S2/c1-28-19(24-26-27-28)37-6-8-5-36-17-13(16(32)29(17)14(8)18(33)34)23-15(31)12(25-35-2)11-9(20)3-4-10(22-11)21-7-30/h3-4,7,13,17H,5-6H2,1-2H3,(H,23,31)(H,33,34)(H,21,22,30)/t13?,17-/m1/s1. The molecule has 2 aliphatic heterocycles. The number of rotatable bonds is 10. The zero-order chi connectivity index (χ0) is 26.7. The topological polar surface area (TPSA) is 194 Å². The van der Waals surface area contributed by atoms with Crippen molar-refractivity contribution < 1.29 is 29.1 Å². The van der Waals surface area contributed by atoms with Crippen molar-refractivity contribution in [3.05, 3.63) is 34.1 Å². The summed E-state index contributed by atoms with van der Waals surface area (Å²) in [6.07, 6.45) is 0.402. The SMILES string of the molecule is CON=C(C(=O)NC1C(=O)N2C(C(=O)O)=C(CSc3nnnn3C)CS[C@H]12)c1nc(NC=O)ccc1Cl. The lowest BCUT2D eigenvalue weighted by atomic mass is 10.0. The van der Waals surface area contributed by atoms with Gasteiger partial charge < -0.3 is 20.6 Å². The Morgan fingerprint density at radius 3 is 2.86 bits per heavy atom. The summed E-state index contributed by atoms with van der Waals surface area (Å²) < 4.78 is 1.45. The fourth-order valence-electron chi connectivity index (χ4n) is 3.53. The highest BCUT2D eigenvalue weighted by molar-refractivity contribution is 8.01. The quantitative estimate of drug-likeness (QED) is 0.112. The number of pyridine rings is 1. The number of aromatic nitrogens is 5. The highest BCUT2D eigenvalue weighted by atomic mass is 35.5. The van der Waals surface area contributed by atoms with Gasteiger partial charge in [-0.3, -0.25) is 19.3 Å². The van der Waals surface area contributed by atoms with E-state index < -0.39 is 29.2 Å². The number of carbonyl (C=O) groups is 4. The van der Waals surface area contributed by atoms with Crippen LogP contribution in [0.1, 0.15) is 5.69 Å². The third-order valence-corrected chi connectivity index (χ3v) is 7.91. The van der Waals surface area contributed by atoms with E-state index >= 15 is 0 Å². The van der Waals surface area contributed by atoms with Crippen molar-refractivity contribution in [1.82, 2.24) is 35.4 Å². The Kier molecular flexibility index (Phi) is 7.94. The van der Waals surface area contributed by atoms with Gasteiger partial charge in [0.1, 0.15) is 35.7 Å². The number of β-lactam (4-membered cyclic amide) rings is 1. The number of carboxylic acids is 1. The highest BCUT2D eigenvalue weighted by Gasteiger charge is 2.54. The molecule has 194 valence electrons. The zero-order valence-corrected chi connectivity index (χ0v) is 21.5. The fraction of sp³-hybridized carbons (Fsp3) is 0.316. The molecule has 18 heteroatoms. The van der Waals surface area contributed by atoms with Crippen LogP contribution >= 0.6 is 35.1 Å². The monoisotopic (exact) mass is 567 g/mol. The van der Waals surface area contributed by atoms with Gasteiger partial charge in [0.2, 0.25) is 11.6 Å². The molecular formula is C19H18ClN9O6S2. The van der Waals surface area contributed by atoms with Gasteiger partial charge >= 0.3 is 5.97 Å². The Morgan fingerprint density at radius 2 is 2.22 bits per heavy atom. The lowest BCUT2D eigenvalue weighted by molar-refractivity contribution is -0.150. The van der Waals surface area contributed by atoms with Crippen LogP contribution in [0.25, 0.3) is 0 Å². The van der Waals surface area contributed by atoms with E-state index in [4.69, 9.17) is 16.4 Å². The molecule has 0 radical (unpaired) electrons. The van der Waals surface area contributed by atoms with Crippen molar-refractivity contribution in [3.8, 4) is 0 Å². The second kappa shape index (κ2) is 11.1. The van der Waals surface area contributed by atoms with Crippen molar-refractivity contribution in [1.29, 1.82) is 0 Å². The number of hydrogen-bond acceptors (Lipinski definition) is 12. The van der Waals surface area contributed by atoms with Gasteiger partial charge in [-0.15, -0.1) is 16.9 Å². The van der Waals surface area contributed by atoms with E-state index in [1.54, 1.807) is 7.05 Å². The number of fused-ring (bicyclic) bond motifs is 1. The number of carbonyl (C=O) groups excluding carboxylic acids is 3. The predicted octanol–water partition coefficient (Wildman–Crippen LogP) is -0.292. The molecule has 0 spiro atoms. The average Bonchev–Trinajstić information content (AvgIpc) is 3.29. The Hall–Kier alpha value is -3.70. The van der Waals surface area contributed by atoms with Gasteiger partial charge in [0, 0.05) is 18.6 Å². The minimum atomic E-state index is -1.26. The average molecular weight is 568 g/mol. The summed E-state index contributed by atoms with van der Waals surface area (Å²) in [6, 6.07) is 1.80. The van der Waals surface area contributed by atoms with Crippen LogP contribution in [-0.2, 0) is 31.1 Å². The normalized spacial score (nSPS) is 19.2. The predicted molar refractivity (Wildman–Crippen MR) is 132 cm³/mol. The van der Waals surface area contributed by atoms with E-state index in [0.717, 1.165) is 4.90 Å². The number of oxime groups is 1. The first-order valence-electron chi connectivity index (χ1n) is 10.3. The minimum Gasteiger partial charge on any atom is -0.477 e. The maximum absolute atomic E-state index is 13.1. The van der Waals surface area contributed by atoms with E-state index in [2.05, 4.69) is 36.3 Å². The molecule has 0 saturated carbocycles. The van der Waals surface area contributed by atoms with E-state index in [1.807, 2.05) is 0 Å². The third kappa shape index (κ3) is 5.23. The van der Waals surface area contributed by atoms with Crippen LogP contribution in [0.4, 0.5) is 5.82 Å². The highest BCUT2D eigenvalue weighted by Crippen LogP contribution is 2.41. The smallest absolute Gasteiger partial charge is 0.352 e. The zero-order valence-electron chi connectivity index (χ0n) is 19.1. The van der Waals surface area contributed by atoms with Crippen molar-refractivity contribution in [2.45, 2.75) is 16.6 Å². The molecule has 1 saturated heterocycles. The van der Waals surface area contributed by atoms with Crippen LogP contribution in [0, 0.1) is 0 Å². The van der Waals surface area contributed by atoms with Gasteiger partial charge in [0.15, 0.2) is 5.71 Å². The Morgan fingerprint density at radius 1 is 1.43 bits per heavy atom.